The highest BCUT2D eigenvalue weighted by molar-refractivity contribution is 6.30. The van der Waals surface area contributed by atoms with E-state index in [0.717, 1.165) is 24.0 Å². The number of likely N-dealkylation sites (N-methyl/N-ethyl adjacent to an activating group) is 1. The minimum absolute atomic E-state index is 0.397. The summed E-state index contributed by atoms with van der Waals surface area (Å²) in [5.41, 5.74) is 1.31. The third kappa shape index (κ3) is 5.82. The van der Waals surface area contributed by atoms with Crippen LogP contribution in [0.15, 0.2) is 24.3 Å². The van der Waals surface area contributed by atoms with Crippen molar-refractivity contribution in [2.45, 2.75) is 46.2 Å². The first-order valence-electron chi connectivity index (χ1n) is 7.60. The highest BCUT2D eigenvalue weighted by atomic mass is 35.5. The zero-order valence-electron chi connectivity index (χ0n) is 13.5. The fourth-order valence-electron chi connectivity index (χ4n) is 2.20. The number of hydrogen-bond acceptors (Lipinski definition) is 2. The maximum atomic E-state index is 5.94. The maximum absolute atomic E-state index is 5.94. The zero-order chi connectivity index (χ0) is 15.1. The van der Waals surface area contributed by atoms with Gasteiger partial charge in [-0.2, -0.15) is 0 Å². The molecule has 0 saturated heterocycles. The predicted molar refractivity (Wildman–Crippen MR) is 89.4 cm³/mol. The Hall–Kier alpha value is -0.570. The van der Waals surface area contributed by atoms with E-state index in [2.05, 4.69) is 57.1 Å². The highest BCUT2D eigenvalue weighted by Crippen LogP contribution is 2.22. The molecule has 114 valence electrons. The smallest absolute Gasteiger partial charge is 0.0406 e. The molecule has 1 rings (SSSR count). The quantitative estimate of drug-likeness (QED) is 0.717. The van der Waals surface area contributed by atoms with Crippen molar-refractivity contribution in [3.8, 4) is 0 Å². The molecular weight excluding hydrogens is 268 g/mol. The highest BCUT2D eigenvalue weighted by Gasteiger charge is 2.16. The van der Waals surface area contributed by atoms with E-state index in [9.17, 15) is 0 Å². The molecule has 1 N–H and O–H groups in total. The Morgan fingerprint density at radius 2 is 1.70 bits per heavy atom. The molecule has 0 aliphatic heterocycles. The van der Waals surface area contributed by atoms with Crippen molar-refractivity contribution in [3.63, 3.8) is 0 Å². The summed E-state index contributed by atoms with van der Waals surface area (Å²) in [4.78, 5) is 2.41. The summed E-state index contributed by atoms with van der Waals surface area (Å²) in [6, 6.07) is 9.06. The maximum Gasteiger partial charge on any atom is 0.0406 e. The lowest BCUT2D eigenvalue weighted by atomic mass is 10.1. The average molecular weight is 297 g/mol. The van der Waals surface area contributed by atoms with Crippen molar-refractivity contribution < 1.29 is 0 Å². The van der Waals surface area contributed by atoms with Crippen LogP contribution < -0.4 is 5.32 Å². The second kappa shape index (κ2) is 8.66. The van der Waals surface area contributed by atoms with E-state index < -0.39 is 0 Å². The Kier molecular flexibility index (Phi) is 7.57. The van der Waals surface area contributed by atoms with Crippen molar-refractivity contribution in [2.75, 3.05) is 20.1 Å². The van der Waals surface area contributed by atoms with Crippen LogP contribution in [0.5, 0.6) is 0 Å². The summed E-state index contributed by atoms with van der Waals surface area (Å²) in [6.07, 6.45) is 1.24. The second-order valence-electron chi connectivity index (χ2n) is 6.13. The van der Waals surface area contributed by atoms with Gasteiger partial charge in [0.2, 0.25) is 0 Å². The van der Waals surface area contributed by atoms with Gasteiger partial charge >= 0.3 is 0 Å². The summed E-state index contributed by atoms with van der Waals surface area (Å²) in [5, 5.41) is 4.35. The van der Waals surface area contributed by atoms with Gasteiger partial charge in [0.25, 0.3) is 0 Å². The molecule has 0 aliphatic carbocycles. The molecule has 0 saturated carbocycles. The summed E-state index contributed by atoms with van der Waals surface area (Å²) >= 11 is 5.94. The average Bonchev–Trinajstić information content (AvgIpc) is 2.42. The van der Waals surface area contributed by atoms with Crippen LogP contribution in [-0.4, -0.2) is 31.1 Å². The second-order valence-corrected chi connectivity index (χ2v) is 6.57. The van der Waals surface area contributed by atoms with Crippen molar-refractivity contribution >= 4 is 11.6 Å². The minimum Gasteiger partial charge on any atom is -0.315 e. The molecule has 1 aromatic rings. The van der Waals surface area contributed by atoms with Crippen LogP contribution >= 0.6 is 11.6 Å². The number of hydrogen-bond donors (Lipinski definition) is 1. The third-order valence-electron chi connectivity index (χ3n) is 4.00. The van der Waals surface area contributed by atoms with Gasteiger partial charge in [-0.05, 0) is 57.5 Å². The standard InChI is InChI=1S/C17H29ClN2/c1-13(2)10-11-19-12-14(3)20(5)15(4)16-6-8-17(18)9-7-16/h6-9,13-15,19H,10-12H2,1-5H3. The van der Waals surface area contributed by atoms with Gasteiger partial charge in [0.1, 0.15) is 0 Å². The van der Waals surface area contributed by atoms with Gasteiger partial charge in [0.15, 0.2) is 0 Å². The fraction of sp³-hybridized carbons (Fsp3) is 0.647. The van der Waals surface area contributed by atoms with Gasteiger partial charge in [-0.25, -0.2) is 0 Å². The first-order chi connectivity index (χ1) is 9.41. The molecule has 2 nitrogen and oxygen atoms in total. The Morgan fingerprint density at radius 3 is 2.25 bits per heavy atom. The normalized spacial score (nSPS) is 14.8. The predicted octanol–water partition coefficient (Wildman–Crippen LogP) is 4.36. The Labute approximate surface area is 129 Å². The van der Waals surface area contributed by atoms with Gasteiger partial charge in [-0.1, -0.05) is 37.6 Å². The summed E-state index contributed by atoms with van der Waals surface area (Å²) in [5.74, 6) is 0.767. The number of nitrogens with zero attached hydrogens (tertiary/aromatic N) is 1. The Morgan fingerprint density at radius 1 is 1.10 bits per heavy atom. The Balaban J connectivity index is 2.43. The molecule has 0 aliphatic rings. The summed E-state index contributed by atoms with van der Waals surface area (Å²) in [7, 11) is 2.19. The number of benzene rings is 1. The van der Waals surface area contributed by atoms with E-state index in [1.807, 2.05) is 12.1 Å². The fourth-order valence-corrected chi connectivity index (χ4v) is 2.33. The van der Waals surface area contributed by atoms with Gasteiger partial charge in [-0.15, -0.1) is 0 Å². The zero-order valence-corrected chi connectivity index (χ0v) is 14.2. The molecule has 0 amide bonds. The molecule has 0 fully saturated rings. The molecule has 3 heteroatoms. The number of halogens is 1. The lowest BCUT2D eigenvalue weighted by Gasteiger charge is -2.31. The molecule has 0 spiro atoms. The molecule has 0 heterocycles. The van der Waals surface area contributed by atoms with E-state index in [1.165, 1.54) is 12.0 Å². The van der Waals surface area contributed by atoms with Crippen LogP contribution in [0, 0.1) is 5.92 Å². The summed E-state index contributed by atoms with van der Waals surface area (Å²) in [6.45, 7) is 11.2. The van der Waals surface area contributed by atoms with Gasteiger partial charge in [0, 0.05) is 23.7 Å². The first kappa shape index (κ1) is 17.5. The monoisotopic (exact) mass is 296 g/mol. The SMILES string of the molecule is CC(C)CCNCC(C)N(C)C(C)c1ccc(Cl)cc1. The van der Waals surface area contributed by atoms with Crippen molar-refractivity contribution in [1.29, 1.82) is 0 Å². The van der Waals surface area contributed by atoms with Crippen LogP contribution in [0.3, 0.4) is 0 Å². The van der Waals surface area contributed by atoms with E-state index in [0.29, 0.717) is 12.1 Å². The van der Waals surface area contributed by atoms with Gasteiger partial charge < -0.3 is 5.32 Å². The molecule has 2 atom stereocenters. The Bertz CT molecular complexity index is 375. The van der Waals surface area contributed by atoms with Gasteiger partial charge in [0.05, 0.1) is 0 Å². The van der Waals surface area contributed by atoms with Crippen LogP contribution in [0.2, 0.25) is 5.02 Å². The van der Waals surface area contributed by atoms with Crippen LogP contribution in [0.1, 0.15) is 45.7 Å². The van der Waals surface area contributed by atoms with E-state index in [-0.39, 0.29) is 0 Å². The van der Waals surface area contributed by atoms with E-state index in [1.54, 1.807) is 0 Å². The number of rotatable bonds is 8. The largest absolute Gasteiger partial charge is 0.315 e. The molecule has 2 unspecified atom stereocenters. The van der Waals surface area contributed by atoms with E-state index >= 15 is 0 Å². The molecule has 0 aromatic heterocycles. The van der Waals surface area contributed by atoms with Crippen molar-refractivity contribution in [3.05, 3.63) is 34.9 Å². The van der Waals surface area contributed by atoms with E-state index in [4.69, 9.17) is 11.6 Å². The molecule has 0 radical (unpaired) electrons. The van der Waals surface area contributed by atoms with Crippen molar-refractivity contribution in [1.82, 2.24) is 10.2 Å². The number of nitrogens with one attached hydrogen (secondary N) is 1. The van der Waals surface area contributed by atoms with Crippen LogP contribution in [0.25, 0.3) is 0 Å². The molecule has 0 bridgehead atoms. The minimum atomic E-state index is 0.397. The van der Waals surface area contributed by atoms with Crippen LogP contribution in [0.4, 0.5) is 0 Å². The van der Waals surface area contributed by atoms with Gasteiger partial charge in [-0.3, -0.25) is 4.90 Å². The molecular formula is C17H29ClN2. The lowest BCUT2D eigenvalue weighted by molar-refractivity contribution is 0.193. The lowest BCUT2D eigenvalue weighted by Crippen LogP contribution is -2.39. The first-order valence-corrected chi connectivity index (χ1v) is 7.97. The topological polar surface area (TPSA) is 15.3 Å². The summed E-state index contributed by atoms with van der Waals surface area (Å²) < 4.78 is 0. The van der Waals surface area contributed by atoms with Crippen molar-refractivity contribution in [2.24, 2.45) is 5.92 Å². The van der Waals surface area contributed by atoms with Crippen LogP contribution in [-0.2, 0) is 0 Å². The molecule has 20 heavy (non-hydrogen) atoms. The third-order valence-corrected chi connectivity index (χ3v) is 4.25. The molecule has 1 aromatic carbocycles.